The summed E-state index contributed by atoms with van der Waals surface area (Å²) in [7, 11) is 0. The highest BCUT2D eigenvalue weighted by molar-refractivity contribution is 5.79. The summed E-state index contributed by atoms with van der Waals surface area (Å²) in [5.41, 5.74) is 4.67. The fraction of sp³-hybridized carbons (Fsp3) is 0.464. The molecule has 7 nitrogen and oxygen atoms in total. The molecule has 1 fully saturated rings. The standard InChI is InChI=1S/C28H34N2O5/c31-26(29-16-8-15-27(32)33)17-25(19-9-2-1-3-10-19)30-28(34)35-18-24-22-13-6-4-11-20(22)21-12-5-7-14-23(21)24/h4-7,11-14,19,24-25H,1-3,8-10,15-18H2,(H,29,31)(H,30,34)(H,32,33). The minimum absolute atomic E-state index is 0.0150. The maximum atomic E-state index is 12.9. The number of carboxylic acids is 1. The first-order chi connectivity index (χ1) is 17.0. The van der Waals surface area contributed by atoms with Gasteiger partial charge in [-0.15, -0.1) is 0 Å². The number of alkyl carbamates (subject to hydrolysis) is 1. The van der Waals surface area contributed by atoms with Crippen LogP contribution in [0.2, 0.25) is 0 Å². The van der Waals surface area contributed by atoms with Crippen molar-refractivity contribution in [2.24, 2.45) is 5.92 Å². The molecule has 7 heteroatoms. The van der Waals surface area contributed by atoms with E-state index in [0.29, 0.717) is 13.0 Å². The highest BCUT2D eigenvalue weighted by atomic mass is 16.5. The summed E-state index contributed by atoms with van der Waals surface area (Å²) in [6.45, 7) is 0.548. The van der Waals surface area contributed by atoms with Crippen molar-refractivity contribution in [3.8, 4) is 11.1 Å². The number of ether oxygens (including phenoxy) is 1. The van der Waals surface area contributed by atoms with Crippen molar-refractivity contribution in [2.75, 3.05) is 13.2 Å². The number of nitrogens with one attached hydrogen (secondary N) is 2. The molecule has 2 aliphatic carbocycles. The molecule has 3 N–H and O–H groups in total. The SMILES string of the molecule is O=C(O)CCCNC(=O)CC(NC(=O)OCC1c2ccccc2-c2ccccc21)C1CCCCC1. The van der Waals surface area contributed by atoms with E-state index >= 15 is 0 Å². The van der Waals surface area contributed by atoms with Gasteiger partial charge in [-0.3, -0.25) is 9.59 Å². The van der Waals surface area contributed by atoms with E-state index in [0.717, 1.165) is 36.8 Å². The lowest BCUT2D eigenvalue weighted by atomic mass is 9.82. The molecular weight excluding hydrogens is 444 g/mol. The largest absolute Gasteiger partial charge is 0.481 e. The van der Waals surface area contributed by atoms with Crippen molar-refractivity contribution in [1.29, 1.82) is 0 Å². The van der Waals surface area contributed by atoms with Gasteiger partial charge in [-0.05, 0) is 47.4 Å². The lowest BCUT2D eigenvalue weighted by molar-refractivity contribution is -0.137. The average Bonchev–Trinajstić information content (AvgIpc) is 3.19. The third-order valence-electron chi connectivity index (χ3n) is 7.16. The van der Waals surface area contributed by atoms with Gasteiger partial charge in [-0.2, -0.15) is 0 Å². The van der Waals surface area contributed by atoms with Crippen LogP contribution in [0.3, 0.4) is 0 Å². The molecule has 0 saturated heterocycles. The Kier molecular flexibility index (Phi) is 8.40. The monoisotopic (exact) mass is 478 g/mol. The van der Waals surface area contributed by atoms with Crippen LogP contribution >= 0.6 is 0 Å². The van der Waals surface area contributed by atoms with Crippen molar-refractivity contribution in [3.63, 3.8) is 0 Å². The Labute approximate surface area is 206 Å². The molecule has 4 rings (SSSR count). The Balaban J connectivity index is 1.35. The normalized spacial score (nSPS) is 16.1. The lowest BCUT2D eigenvalue weighted by Crippen LogP contribution is -2.45. The zero-order chi connectivity index (χ0) is 24.6. The quantitative estimate of drug-likeness (QED) is 0.424. The molecule has 0 bridgehead atoms. The van der Waals surface area contributed by atoms with Crippen LogP contribution in [-0.4, -0.2) is 42.3 Å². The summed E-state index contributed by atoms with van der Waals surface area (Å²) >= 11 is 0. The van der Waals surface area contributed by atoms with Gasteiger partial charge in [-0.25, -0.2) is 4.79 Å². The molecule has 1 atom stereocenters. The molecule has 0 radical (unpaired) electrons. The molecule has 186 valence electrons. The van der Waals surface area contributed by atoms with E-state index in [1.165, 1.54) is 17.5 Å². The Hall–Kier alpha value is -3.35. The van der Waals surface area contributed by atoms with Crippen molar-refractivity contribution in [1.82, 2.24) is 10.6 Å². The molecule has 2 aromatic rings. The summed E-state index contributed by atoms with van der Waals surface area (Å²) < 4.78 is 5.72. The number of carboxylic acid groups (broad SMARTS) is 1. The number of carbonyl (C=O) groups excluding carboxylic acids is 2. The summed E-state index contributed by atoms with van der Waals surface area (Å²) in [5.74, 6) is -0.839. The van der Waals surface area contributed by atoms with Gasteiger partial charge in [0.15, 0.2) is 0 Å². The molecule has 0 aliphatic heterocycles. The van der Waals surface area contributed by atoms with Gasteiger partial charge in [-0.1, -0.05) is 67.8 Å². The van der Waals surface area contributed by atoms with Gasteiger partial charge in [0.05, 0.1) is 0 Å². The number of fused-ring (bicyclic) bond motifs is 3. The second kappa shape index (κ2) is 11.9. The van der Waals surface area contributed by atoms with Gasteiger partial charge in [0.1, 0.15) is 6.61 Å². The second-order valence-corrected chi connectivity index (χ2v) is 9.53. The van der Waals surface area contributed by atoms with E-state index in [2.05, 4.69) is 34.9 Å². The topological polar surface area (TPSA) is 105 Å². The maximum Gasteiger partial charge on any atom is 0.407 e. The molecule has 0 aromatic heterocycles. The van der Waals surface area contributed by atoms with E-state index in [-0.39, 0.29) is 43.2 Å². The highest BCUT2D eigenvalue weighted by Crippen LogP contribution is 2.44. The first-order valence-corrected chi connectivity index (χ1v) is 12.6. The number of carbonyl (C=O) groups is 3. The number of amides is 2. The molecule has 2 aromatic carbocycles. The van der Waals surface area contributed by atoms with Crippen molar-refractivity contribution in [2.45, 2.75) is 63.3 Å². The summed E-state index contributed by atoms with van der Waals surface area (Å²) in [6, 6.07) is 16.1. The van der Waals surface area contributed by atoms with Gasteiger partial charge < -0.3 is 20.5 Å². The van der Waals surface area contributed by atoms with E-state index in [1.54, 1.807) is 0 Å². The van der Waals surface area contributed by atoms with E-state index in [9.17, 15) is 14.4 Å². The van der Waals surface area contributed by atoms with Gasteiger partial charge >= 0.3 is 12.1 Å². The van der Waals surface area contributed by atoms with E-state index in [4.69, 9.17) is 9.84 Å². The van der Waals surface area contributed by atoms with Crippen molar-refractivity contribution >= 4 is 18.0 Å². The Morgan fingerprint density at radius 2 is 1.57 bits per heavy atom. The van der Waals surface area contributed by atoms with Crippen LogP contribution in [-0.2, 0) is 14.3 Å². The highest BCUT2D eigenvalue weighted by Gasteiger charge is 2.31. The van der Waals surface area contributed by atoms with E-state index in [1.807, 2.05) is 24.3 Å². The Morgan fingerprint density at radius 3 is 2.20 bits per heavy atom. The third kappa shape index (κ3) is 6.41. The third-order valence-corrected chi connectivity index (χ3v) is 7.16. The molecule has 2 amide bonds. The van der Waals surface area contributed by atoms with Crippen LogP contribution in [0.1, 0.15) is 68.4 Å². The fourth-order valence-corrected chi connectivity index (χ4v) is 5.40. The first kappa shape index (κ1) is 24.8. The Morgan fingerprint density at radius 1 is 0.943 bits per heavy atom. The first-order valence-electron chi connectivity index (χ1n) is 12.6. The van der Waals surface area contributed by atoms with Crippen LogP contribution in [0.5, 0.6) is 0 Å². The van der Waals surface area contributed by atoms with Gasteiger partial charge in [0.2, 0.25) is 5.91 Å². The number of hydrogen-bond acceptors (Lipinski definition) is 4. The van der Waals surface area contributed by atoms with Crippen molar-refractivity contribution < 1.29 is 24.2 Å². The number of hydrogen-bond donors (Lipinski definition) is 3. The minimum Gasteiger partial charge on any atom is -0.481 e. The van der Waals surface area contributed by atoms with Crippen LogP contribution in [0.15, 0.2) is 48.5 Å². The number of rotatable bonds is 10. The molecule has 0 heterocycles. The van der Waals surface area contributed by atoms with Crippen LogP contribution in [0.4, 0.5) is 4.79 Å². The van der Waals surface area contributed by atoms with Gasteiger partial charge in [0, 0.05) is 31.3 Å². The molecule has 1 unspecified atom stereocenters. The summed E-state index contributed by atoms with van der Waals surface area (Å²) in [5, 5.41) is 14.5. The average molecular weight is 479 g/mol. The number of aliphatic carboxylic acids is 1. The fourth-order valence-electron chi connectivity index (χ4n) is 5.40. The molecule has 1 saturated carbocycles. The van der Waals surface area contributed by atoms with Crippen LogP contribution < -0.4 is 10.6 Å². The van der Waals surface area contributed by atoms with Gasteiger partial charge in [0.25, 0.3) is 0 Å². The predicted octanol–water partition coefficient (Wildman–Crippen LogP) is 4.85. The zero-order valence-corrected chi connectivity index (χ0v) is 20.0. The second-order valence-electron chi connectivity index (χ2n) is 9.53. The molecule has 0 spiro atoms. The van der Waals surface area contributed by atoms with Crippen LogP contribution in [0.25, 0.3) is 11.1 Å². The predicted molar refractivity (Wildman–Crippen MR) is 133 cm³/mol. The van der Waals surface area contributed by atoms with Crippen LogP contribution in [0, 0.1) is 5.92 Å². The minimum atomic E-state index is -0.878. The van der Waals surface area contributed by atoms with E-state index < -0.39 is 12.1 Å². The number of benzene rings is 2. The zero-order valence-electron chi connectivity index (χ0n) is 20.0. The van der Waals surface area contributed by atoms with Crippen molar-refractivity contribution in [3.05, 3.63) is 59.7 Å². The summed E-state index contributed by atoms with van der Waals surface area (Å²) in [6.07, 6.45) is 5.38. The maximum absolute atomic E-state index is 12.9. The summed E-state index contributed by atoms with van der Waals surface area (Å²) in [4.78, 5) is 36.0. The molecular formula is C28H34N2O5. The Bertz CT molecular complexity index is 1000. The smallest absolute Gasteiger partial charge is 0.407 e. The lowest BCUT2D eigenvalue weighted by Gasteiger charge is -2.30. The molecule has 35 heavy (non-hydrogen) atoms. The molecule has 2 aliphatic rings.